The number of carbonyl (C=O) groups is 1. The molecule has 1 aromatic carbocycles. The highest BCUT2D eigenvalue weighted by atomic mass is 32.1. The standard InChI is InChI=1S/C17H26N4O3S/c1-5-6-16(23)19-13-7-8-15(22)14(9-13)12(3)20-21-17(25)18-11(2)10-24-4/h7-9,11,22H,5-6,10H2,1-4H3,(H,19,23)(H2,18,21,25)/b20-12+/t11-/m0/s1. The molecule has 1 amide bonds. The Labute approximate surface area is 153 Å². The summed E-state index contributed by atoms with van der Waals surface area (Å²) in [7, 11) is 1.62. The van der Waals surface area contributed by atoms with Crippen LogP contribution in [0.15, 0.2) is 23.3 Å². The van der Waals surface area contributed by atoms with Gasteiger partial charge in [0.05, 0.1) is 12.3 Å². The minimum atomic E-state index is -0.0654. The first-order valence-corrected chi connectivity index (χ1v) is 8.51. The van der Waals surface area contributed by atoms with Gasteiger partial charge in [-0.2, -0.15) is 5.10 Å². The van der Waals surface area contributed by atoms with Crippen LogP contribution in [-0.2, 0) is 9.53 Å². The van der Waals surface area contributed by atoms with Gasteiger partial charge in [0.25, 0.3) is 0 Å². The number of ether oxygens (including phenoxy) is 1. The Hall–Kier alpha value is -2.19. The second-order valence-corrected chi connectivity index (χ2v) is 6.08. The molecule has 1 rings (SSSR count). The molecule has 0 radical (unpaired) electrons. The van der Waals surface area contributed by atoms with E-state index in [1.54, 1.807) is 26.2 Å². The number of rotatable bonds is 8. The van der Waals surface area contributed by atoms with E-state index >= 15 is 0 Å². The van der Waals surface area contributed by atoms with Crippen LogP contribution in [0.1, 0.15) is 39.2 Å². The van der Waals surface area contributed by atoms with Gasteiger partial charge in [0.15, 0.2) is 5.11 Å². The van der Waals surface area contributed by atoms with Gasteiger partial charge in [0.2, 0.25) is 5.91 Å². The predicted octanol–water partition coefficient (Wildman–Crippen LogP) is 2.35. The molecule has 1 aromatic rings. The van der Waals surface area contributed by atoms with Gasteiger partial charge >= 0.3 is 0 Å². The van der Waals surface area contributed by atoms with E-state index in [0.29, 0.717) is 35.1 Å². The van der Waals surface area contributed by atoms with Crippen molar-refractivity contribution in [1.82, 2.24) is 10.7 Å². The Kier molecular flexibility index (Phi) is 8.87. The fourth-order valence-electron chi connectivity index (χ4n) is 2.10. The molecule has 0 saturated heterocycles. The van der Waals surface area contributed by atoms with Crippen molar-refractivity contribution in [3.8, 4) is 5.75 Å². The van der Waals surface area contributed by atoms with Crippen LogP contribution in [0.5, 0.6) is 5.75 Å². The third-order valence-corrected chi connectivity index (χ3v) is 3.48. The second-order valence-electron chi connectivity index (χ2n) is 5.67. The molecule has 0 aliphatic rings. The van der Waals surface area contributed by atoms with E-state index in [0.717, 1.165) is 6.42 Å². The maximum atomic E-state index is 11.7. The predicted molar refractivity (Wildman–Crippen MR) is 104 cm³/mol. The van der Waals surface area contributed by atoms with Crippen molar-refractivity contribution in [3.05, 3.63) is 23.8 Å². The molecule has 138 valence electrons. The average molecular weight is 366 g/mol. The van der Waals surface area contributed by atoms with Crippen molar-refractivity contribution in [2.45, 2.75) is 39.7 Å². The lowest BCUT2D eigenvalue weighted by Gasteiger charge is -2.14. The van der Waals surface area contributed by atoms with Gasteiger partial charge in [-0.3, -0.25) is 10.2 Å². The van der Waals surface area contributed by atoms with Gasteiger partial charge in [-0.1, -0.05) is 6.92 Å². The molecule has 4 N–H and O–H groups in total. The van der Waals surface area contributed by atoms with Gasteiger partial charge in [-0.05, 0) is 50.7 Å². The zero-order chi connectivity index (χ0) is 18.8. The summed E-state index contributed by atoms with van der Waals surface area (Å²) in [4.78, 5) is 11.7. The lowest BCUT2D eigenvalue weighted by molar-refractivity contribution is -0.116. The zero-order valence-electron chi connectivity index (χ0n) is 15.0. The topological polar surface area (TPSA) is 95.0 Å². The Morgan fingerprint density at radius 2 is 2.16 bits per heavy atom. The molecule has 7 nitrogen and oxygen atoms in total. The van der Waals surface area contributed by atoms with Crippen LogP contribution in [0.2, 0.25) is 0 Å². The van der Waals surface area contributed by atoms with E-state index < -0.39 is 0 Å². The molecule has 0 fully saturated rings. The Bertz CT molecular complexity index is 634. The molecule has 0 heterocycles. The number of hydrazone groups is 1. The molecular formula is C17H26N4O3S. The molecule has 0 bridgehead atoms. The summed E-state index contributed by atoms with van der Waals surface area (Å²) in [6, 6.07) is 4.89. The van der Waals surface area contributed by atoms with E-state index in [4.69, 9.17) is 17.0 Å². The maximum absolute atomic E-state index is 11.7. The molecule has 0 spiro atoms. The molecule has 0 aliphatic heterocycles. The molecule has 8 heteroatoms. The summed E-state index contributed by atoms with van der Waals surface area (Å²) >= 11 is 5.15. The first kappa shape index (κ1) is 20.9. The van der Waals surface area contributed by atoms with Gasteiger partial charge in [-0.25, -0.2) is 0 Å². The highest BCUT2D eigenvalue weighted by Gasteiger charge is 2.09. The van der Waals surface area contributed by atoms with Crippen molar-refractivity contribution >= 4 is 34.6 Å². The third-order valence-electron chi connectivity index (χ3n) is 3.27. The van der Waals surface area contributed by atoms with Crippen LogP contribution in [0.3, 0.4) is 0 Å². The molecule has 25 heavy (non-hydrogen) atoms. The molecular weight excluding hydrogens is 340 g/mol. The SMILES string of the molecule is CCCC(=O)Nc1ccc(O)c(/C(C)=N/NC(=S)N[C@@H](C)COC)c1. The Morgan fingerprint density at radius 1 is 1.44 bits per heavy atom. The zero-order valence-corrected chi connectivity index (χ0v) is 15.9. The first-order chi connectivity index (χ1) is 11.9. The summed E-state index contributed by atoms with van der Waals surface area (Å²) < 4.78 is 5.02. The number of anilines is 1. The number of nitrogens with one attached hydrogen (secondary N) is 3. The number of hydrogen-bond donors (Lipinski definition) is 4. The summed E-state index contributed by atoms with van der Waals surface area (Å²) in [5.74, 6) is 0.00698. The summed E-state index contributed by atoms with van der Waals surface area (Å²) in [5, 5.41) is 20.4. The van der Waals surface area contributed by atoms with Crippen LogP contribution in [-0.4, -0.2) is 41.6 Å². The molecule has 0 saturated carbocycles. The smallest absolute Gasteiger partial charge is 0.224 e. The minimum absolute atomic E-state index is 0.0472. The van der Waals surface area contributed by atoms with Crippen molar-refractivity contribution in [1.29, 1.82) is 0 Å². The van der Waals surface area contributed by atoms with Crippen molar-refractivity contribution in [3.63, 3.8) is 0 Å². The van der Waals surface area contributed by atoms with Crippen molar-refractivity contribution in [2.75, 3.05) is 19.0 Å². The number of amides is 1. The minimum Gasteiger partial charge on any atom is -0.507 e. The number of thiocarbonyl (C=S) groups is 1. The van der Waals surface area contributed by atoms with Crippen LogP contribution in [0.4, 0.5) is 5.69 Å². The maximum Gasteiger partial charge on any atom is 0.224 e. The van der Waals surface area contributed by atoms with E-state index in [1.165, 1.54) is 6.07 Å². The molecule has 1 atom stereocenters. The molecule has 0 aliphatic carbocycles. The highest BCUT2D eigenvalue weighted by Crippen LogP contribution is 2.22. The summed E-state index contributed by atoms with van der Waals surface area (Å²) in [6.45, 7) is 6.13. The van der Waals surface area contributed by atoms with Crippen LogP contribution in [0, 0.1) is 0 Å². The number of benzene rings is 1. The Balaban J connectivity index is 2.77. The fourth-order valence-corrected chi connectivity index (χ4v) is 2.34. The van der Waals surface area contributed by atoms with Crippen LogP contribution < -0.4 is 16.1 Å². The monoisotopic (exact) mass is 366 g/mol. The average Bonchev–Trinajstić information content (AvgIpc) is 2.54. The Morgan fingerprint density at radius 3 is 2.80 bits per heavy atom. The number of nitrogens with zero attached hydrogens (tertiary/aromatic N) is 1. The van der Waals surface area contributed by atoms with E-state index in [1.807, 2.05) is 13.8 Å². The van der Waals surface area contributed by atoms with E-state index in [2.05, 4.69) is 21.2 Å². The van der Waals surface area contributed by atoms with Gasteiger partial charge in [0.1, 0.15) is 5.75 Å². The van der Waals surface area contributed by atoms with E-state index in [9.17, 15) is 9.90 Å². The fraction of sp³-hybridized carbons (Fsp3) is 0.471. The van der Waals surface area contributed by atoms with Crippen molar-refractivity contribution < 1.29 is 14.6 Å². The number of phenolic OH excluding ortho intramolecular Hbond substituents is 1. The number of aromatic hydroxyl groups is 1. The molecule has 0 aromatic heterocycles. The number of hydrogen-bond acceptors (Lipinski definition) is 5. The van der Waals surface area contributed by atoms with Crippen LogP contribution in [0.25, 0.3) is 0 Å². The quantitative estimate of drug-likeness (QED) is 0.244. The van der Waals surface area contributed by atoms with Gasteiger partial charge < -0.3 is 20.5 Å². The lowest BCUT2D eigenvalue weighted by atomic mass is 10.1. The third kappa shape index (κ3) is 7.49. The lowest BCUT2D eigenvalue weighted by Crippen LogP contribution is -2.40. The summed E-state index contributed by atoms with van der Waals surface area (Å²) in [5.41, 5.74) is 4.38. The van der Waals surface area contributed by atoms with Crippen LogP contribution >= 0.6 is 12.2 Å². The first-order valence-electron chi connectivity index (χ1n) is 8.10. The largest absolute Gasteiger partial charge is 0.507 e. The normalized spacial score (nSPS) is 12.4. The molecule has 0 unspecified atom stereocenters. The van der Waals surface area contributed by atoms with Gasteiger partial charge in [0, 0.05) is 30.8 Å². The summed E-state index contributed by atoms with van der Waals surface area (Å²) in [6.07, 6.45) is 1.22. The van der Waals surface area contributed by atoms with Crippen molar-refractivity contribution in [2.24, 2.45) is 5.10 Å². The number of carbonyl (C=O) groups excluding carboxylic acids is 1. The van der Waals surface area contributed by atoms with E-state index in [-0.39, 0.29) is 17.7 Å². The highest BCUT2D eigenvalue weighted by molar-refractivity contribution is 7.80. The number of methoxy groups -OCH3 is 1. The number of phenols is 1. The van der Waals surface area contributed by atoms with Gasteiger partial charge in [-0.15, -0.1) is 0 Å². The second kappa shape index (κ2) is 10.6.